The molecular formula is C39H60N6O6S. The van der Waals surface area contributed by atoms with Gasteiger partial charge in [0.1, 0.15) is 5.60 Å². The summed E-state index contributed by atoms with van der Waals surface area (Å²) >= 11 is 1.47. The largest absolute Gasteiger partial charge is 0.375 e. The number of rotatable bonds is 15. The second-order valence-electron chi connectivity index (χ2n) is 12.7. The van der Waals surface area contributed by atoms with Gasteiger partial charge in [0.05, 0.1) is 31.4 Å². The molecule has 0 radical (unpaired) electrons. The molecule has 0 spiro atoms. The summed E-state index contributed by atoms with van der Waals surface area (Å²) < 4.78 is 5.11. The topological polar surface area (TPSA) is 185 Å². The number of nitrogens with two attached hydrogens (primary N) is 1. The normalized spacial score (nSPS) is 14.6. The smallest absolute Gasteiger partial charge is 0.239 e. The molecule has 12 nitrogen and oxygen atoms in total. The van der Waals surface area contributed by atoms with Crippen LogP contribution in [-0.2, 0) is 35.1 Å². The van der Waals surface area contributed by atoms with Gasteiger partial charge in [0.25, 0.3) is 0 Å². The van der Waals surface area contributed by atoms with Gasteiger partial charge < -0.3 is 31.7 Å². The van der Waals surface area contributed by atoms with Crippen LogP contribution in [0.15, 0.2) is 66.0 Å². The van der Waals surface area contributed by atoms with Crippen LogP contribution >= 0.6 is 11.3 Å². The zero-order valence-corrected chi connectivity index (χ0v) is 32.9. The number of nitrogens with one attached hydrogen (secondary N) is 4. The van der Waals surface area contributed by atoms with Gasteiger partial charge in [-0.05, 0) is 58.4 Å². The lowest BCUT2D eigenvalue weighted by Gasteiger charge is -2.21. The Morgan fingerprint density at radius 2 is 1.42 bits per heavy atom. The number of carbonyl (C=O) groups is 5. The molecule has 52 heavy (non-hydrogen) atoms. The fourth-order valence-electron chi connectivity index (χ4n) is 4.29. The van der Waals surface area contributed by atoms with Crippen molar-refractivity contribution in [2.24, 2.45) is 5.92 Å². The number of carbonyl (C=O) groups excluding carboxylic acids is 5. The molecule has 1 unspecified atom stereocenters. The van der Waals surface area contributed by atoms with Gasteiger partial charge in [-0.1, -0.05) is 100 Å². The Balaban J connectivity index is 0.000000662. The highest BCUT2D eigenvalue weighted by Crippen LogP contribution is 2.29. The predicted molar refractivity (Wildman–Crippen MR) is 210 cm³/mol. The molecule has 4 amide bonds. The van der Waals surface area contributed by atoms with E-state index in [-0.39, 0.29) is 42.6 Å². The lowest BCUT2D eigenvalue weighted by Crippen LogP contribution is -2.48. The Kier molecular flexibility index (Phi) is 25.5. The lowest BCUT2D eigenvalue weighted by atomic mass is 9.93. The van der Waals surface area contributed by atoms with Gasteiger partial charge in [0.2, 0.25) is 24.6 Å². The van der Waals surface area contributed by atoms with Gasteiger partial charge in [-0.2, -0.15) is 0 Å². The average molecular weight is 741 g/mol. The molecule has 1 aliphatic heterocycles. The lowest BCUT2D eigenvalue weighted by molar-refractivity contribution is -0.130. The molecule has 3 aromatic rings. The van der Waals surface area contributed by atoms with E-state index >= 15 is 0 Å². The van der Waals surface area contributed by atoms with Crippen LogP contribution in [0.2, 0.25) is 0 Å². The zero-order valence-electron chi connectivity index (χ0n) is 32.1. The molecule has 1 saturated heterocycles. The Morgan fingerprint density at radius 3 is 1.75 bits per heavy atom. The minimum absolute atomic E-state index is 0.0670. The summed E-state index contributed by atoms with van der Waals surface area (Å²) in [5, 5.41) is 12.5. The number of nitrogen functional groups attached to an aromatic ring is 1. The minimum Gasteiger partial charge on any atom is -0.375 e. The Bertz CT molecular complexity index is 1400. The first-order chi connectivity index (χ1) is 24.7. The monoisotopic (exact) mass is 740 g/mol. The molecule has 0 saturated carbocycles. The number of hydrogen-bond acceptors (Lipinski definition) is 9. The number of anilines is 1. The number of nitrogens with zero attached hydrogens (tertiary/aromatic N) is 1. The summed E-state index contributed by atoms with van der Waals surface area (Å²) in [6.07, 6.45) is 4.68. The maximum atomic E-state index is 12.1. The van der Waals surface area contributed by atoms with E-state index < -0.39 is 11.6 Å². The van der Waals surface area contributed by atoms with Crippen LogP contribution < -0.4 is 27.0 Å². The molecule has 1 aliphatic rings. The highest BCUT2D eigenvalue weighted by molar-refractivity contribution is 7.13. The number of epoxide rings is 1. The number of aryl methyl sites for hydroxylation is 3. The van der Waals surface area contributed by atoms with Crippen LogP contribution in [0.1, 0.15) is 77.6 Å². The maximum Gasteiger partial charge on any atom is 0.239 e. The predicted octanol–water partition coefficient (Wildman–Crippen LogP) is 4.94. The van der Waals surface area contributed by atoms with Gasteiger partial charge in [0.15, 0.2) is 10.9 Å². The van der Waals surface area contributed by atoms with Crippen molar-refractivity contribution in [3.8, 4) is 0 Å². The number of ether oxygens (including phenoxy) is 1. The SMILES string of the molecule is CC(C)C[C@H](NC(=O)CNC=O)C(=O)C1(C)CO1.CCC[C@@H](C)NC(=O)CNC=O.CCc1ccccc1.Cc1ccccc1.Cc1csc(N)n1. The fraction of sp³-hybridized carbons (Fsp3) is 0.487. The molecule has 288 valence electrons. The van der Waals surface area contributed by atoms with Crippen molar-refractivity contribution in [2.45, 2.75) is 98.8 Å². The number of Topliss-reactive ketones (excluding diaryl/α,β-unsaturated/α-hetero) is 1. The van der Waals surface area contributed by atoms with E-state index in [1.807, 2.05) is 57.3 Å². The number of hydrogen-bond donors (Lipinski definition) is 5. The first kappa shape index (κ1) is 47.4. The molecule has 4 rings (SSSR count). The minimum atomic E-state index is -0.745. The van der Waals surface area contributed by atoms with Crippen molar-refractivity contribution in [1.82, 2.24) is 26.3 Å². The molecule has 2 aromatic carbocycles. The molecule has 6 N–H and O–H groups in total. The number of aromatic nitrogens is 1. The molecular weight excluding hydrogens is 681 g/mol. The number of ketones is 1. The summed E-state index contributed by atoms with van der Waals surface area (Å²) in [6.45, 7) is 16.2. The van der Waals surface area contributed by atoms with Crippen molar-refractivity contribution in [1.29, 1.82) is 0 Å². The highest BCUT2D eigenvalue weighted by Gasteiger charge is 2.50. The summed E-state index contributed by atoms with van der Waals surface area (Å²) in [7, 11) is 0. The number of benzene rings is 2. The third kappa shape index (κ3) is 24.5. The zero-order chi connectivity index (χ0) is 39.4. The Hall–Kier alpha value is -4.62. The molecule has 0 bridgehead atoms. The summed E-state index contributed by atoms with van der Waals surface area (Å²) in [5.74, 6) is -0.329. The average Bonchev–Trinajstić information content (AvgIpc) is 3.76. The Morgan fingerprint density at radius 1 is 0.904 bits per heavy atom. The van der Waals surface area contributed by atoms with Crippen molar-refractivity contribution >= 4 is 46.9 Å². The van der Waals surface area contributed by atoms with Gasteiger partial charge >= 0.3 is 0 Å². The van der Waals surface area contributed by atoms with E-state index in [1.165, 1.54) is 22.5 Å². The van der Waals surface area contributed by atoms with E-state index in [2.05, 4.69) is 83.4 Å². The molecule has 1 fully saturated rings. The van der Waals surface area contributed by atoms with Crippen LogP contribution in [0, 0.1) is 19.8 Å². The first-order valence-electron chi connectivity index (χ1n) is 17.5. The van der Waals surface area contributed by atoms with Crippen molar-refractivity contribution in [2.75, 3.05) is 25.4 Å². The van der Waals surface area contributed by atoms with Crippen LogP contribution in [0.3, 0.4) is 0 Å². The van der Waals surface area contributed by atoms with E-state index in [9.17, 15) is 24.0 Å². The van der Waals surface area contributed by atoms with Crippen LogP contribution in [0.5, 0.6) is 0 Å². The van der Waals surface area contributed by atoms with Gasteiger partial charge in [-0.3, -0.25) is 24.0 Å². The summed E-state index contributed by atoms with van der Waals surface area (Å²) in [4.78, 5) is 58.5. The number of amides is 4. The van der Waals surface area contributed by atoms with Gasteiger partial charge in [-0.15, -0.1) is 11.3 Å². The van der Waals surface area contributed by atoms with Gasteiger partial charge in [0, 0.05) is 11.4 Å². The maximum absolute atomic E-state index is 12.1. The Labute approximate surface area is 314 Å². The molecule has 13 heteroatoms. The van der Waals surface area contributed by atoms with Crippen LogP contribution in [0.4, 0.5) is 5.13 Å². The number of thiazole rings is 1. The first-order valence-corrected chi connectivity index (χ1v) is 18.4. The van der Waals surface area contributed by atoms with E-state index in [1.54, 1.807) is 6.92 Å². The fourth-order valence-corrected chi connectivity index (χ4v) is 4.83. The summed E-state index contributed by atoms with van der Waals surface area (Å²) in [6, 6.07) is 20.4. The highest BCUT2D eigenvalue weighted by atomic mass is 32.1. The van der Waals surface area contributed by atoms with Crippen molar-refractivity contribution in [3.63, 3.8) is 0 Å². The van der Waals surface area contributed by atoms with Crippen LogP contribution in [0.25, 0.3) is 0 Å². The second kappa shape index (κ2) is 28.0. The quantitative estimate of drug-likeness (QED) is 0.107. The molecule has 3 atom stereocenters. The van der Waals surface area contributed by atoms with Crippen LogP contribution in [-0.4, -0.2) is 72.8 Å². The van der Waals surface area contributed by atoms with Crippen molar-refractivity contribution in [3.05, 3.63) is 82.9 Å². The van der Waals surface area contributed by atoms with Gasteiger partial charge in [-0.25, -0.2) is 4.98 Å². The van der Waals surface area contributed by atoms with Crippen molar-refractivity contribution < 1.29 is 28.7 Å². The third-order valence-electron chi connectivity index (χ3n) is 7.11. The van der Waals surface area contributed by atoms with E-state index in [0.717, 1.165) is 25.0 Å². The third-order valence-corrected chi connectivity index (χ3v) is 7.90. The summed E-state index contributed by atoms with van der Waals surface area (Å²) in [5.41, 5.74) is 8.27. The van der Waals surface area contributed by atoms with E-state index in [4.69, 9.17) is 10.5 Å². The standard InChI is InChI=1S/C12H20N2O4.C8H16N2O2.C8H10.C7H8.C4H6N2S/c1-8(2)4-9(11(17)12(3)6-18-12)14-10(16)5-13-7-15;1-3-4-7(2)10-8(12)5-9-6-11;1-2-8-6-4-3-5-7-8;1-7-5-3-2-4-6-7;1-3-2-7-4(5)6-3/h7-9H,4-6H2,1-3H3,(H,13,15)(H,14,16);6-7H,3-5H2,1-2H3,(H,9,11)(H,10,12);3-7H,2H2,1H3;2-6H,1H3;2H,1H3,(H2,5,6)/t9-,12?;7-;;;/m01.../s1. The molecule has 0 aliphatic carbocycles. The molecule has 2 heterocycles. The van der Waals surface area contributed by atoms with E-state index in [0.29, 0.717) is 31.0 Å². The second-order valence-corrected chi connectivity index (χ2v) is 13.6. The molecule has 1 aromatic heterocycles.